The fourth-order valence-corrected chi connectivity index (χ4v) is 2.66. The second-order valence-electron chi connectivity index (χ2n) is 5.32. The first-order valence-corrected chi connectivity index (χ1v) is 7.21. The second-order valence-corrected chi connectivity index (χ2v) is 5.32. The SMILES string of the molecule is C/C=C\C=C(/C)c1c2ccc(=N)cc-2oc2cc(N)ccc12. The van der Waals surface area contributed by atoms with Gasteiger partial charge in [-0.3, -0.25) is 0 Å². The van der Waals surface area contributed by atoms with Crippen molar-refractivity contribution in [3.05, 3.63) is 65.5 Å². The number of nitrogens with two attached hydrogens (primary N) is 1. The predicted molar refractivity (Wildman–Crippen MR) is 91.6 cm³/mol. The summed E-state index contributed by atoms with van der Waals surface area (Å²) in [6, 6.07) is 11.2. The second kappa shape index (κ2) is 5.53. The lowest BCUT2D eigenvalue weighted by Gasteiger charge is -2.15. The molecule has 2 aliphatic rings. The number of fused-ring (bicyclic) bond motifs is 2. The molecular weight excluding hydrogens is 272 g/mol. The lowest BCUT2D eigenvalue weighted by molar-refractivity contribution is 0.618. The molecule has 1 aromatic carbocycles. The first kappa shape index (κ1) is 14.1. The highest BCUT2D eigenvalue weighted by atomic mass is 16.3. The number of hydrogen-bond acceptors (Lipinski definition) is 3. The molecular formula is C19H18N2O. The number of allylic oxidation sites excluding steroid dienone is 4. The molecule has 0 saturated carbocycles. The van der Waals surface area contributed by atoms with Crippen LogP contribution in [0.1, 0.15) is 19.4 Å². The fourth-order valence-electron chi connectivity index (χ4n) is 2.66. The molecule has 0 bridgehead atoms. The third-order valence-corrected chi connectivity index (χ3v) is 3.68. The molecule has 1 heterocycles. The van der Waals surface area contributed by atoms with Crippen LogP contribution < -0.4 is 11.1 Å². The molecule has 110 valence electrons. The molecule has 0 fully saturated rings. The summed E-state index contributed by atoms with van der Waals surface area (Å²) in [5.41, 5.74) is 10.6. The van der Waals surface area contributed by atoms with Crippen molar-refractivity contribution in [2.75, 3.05) is 5.73 Å². The number of rotatable bonds is 2. The average molecular weight is 290 g/mol. The average Bonchev–Trinajstić information content (AvgIpc) is 2.49. The van der Waals surface area contributed by atoms with Gasteiger partial charge in [-0.2, -0.15) is 0 Å². The van der Waals surface area contributed by atoms with Crippen molar-refractivity contribution < 1.29 is 4.42 Å². The van der Waals surface area contributed by atoms with Crippen molar-refractivity contribution in [2.24, 2.45) is 0 Å². The largest absolute Gasteiger partial charge is 0.456 e. The number of anilines is 1. The summed E-state index contributed by atoms with van der Waals surface area (Å²) < 4.78 is 5.96. The van der Waals surface area contributed by atoms with Crippen LogP contribution in [0.2, 0.25) is 0 Å². The van der Waals surface area contributed by atoms with E-state index in [1.54, 1.807) is 12.1 Å². The lowest BCUT2D eigenvalue weighted by atomic mass is 9.94. The summed E-state index contributed by atoms with van der Waals surface area (Å²) in [7, 11) is 0. The molecule has 0 amide bonds. The smallest absolute Gasteiger partial charge is 0.137 e. The number of nitrogen functional groups attached to an aromatic ring is 1. The van der Waals surface area contributed by atoms with Crippen LogP contribution in [-0.2, 0) is 0 Å². The molecule has 1 aliphatic heterocycles. The van der Waals surface area contributed by atoms with Crippen LogP contribution in [-0.4, -0.2) is 0 Å². The Balaban J connectivity index is 2.46. The van der Waals surface area contributed by atoms with Crippen molar-refractivity contribution >= 4 is 22.2 Å². The minimum Gasteiger partial charge on any atom is -0.456 e. The van der Waals surface area contributed by atoms with E-state index >= 15 is 0 Å². The molecule has 0 unspecified atom stereocenters. The highest BCUT2D eigenvalue weighted by Gasteiger charge is 2.16. The molecule has 0 saturated heterocycles. The Bertz CT molecular complexity index is 932. The van der Waals surface area contributed by atoms with Gasteiger partial charge in [-0.1, -0.05) is 18.2 Å². The molecule has 3 nitrogen and oxygen atoms in total. The van der Waals surface area contributed by atoms with E-state index in [9.17, 15) is 0 Å². The Morgan fingerprint density at radius 1 is 1.18 bits per heavy atom. The van der Waals surface area contributed by atoms with Gasteiger partial charge >= 0.3 is 0 Å². The van der Waals surface area contributed by atoms with Crippen LogP contribution >= 0.6 is 0 Å². The van der Waals surface area contributed by atoms with Gasteiger partial charge < -0.3 is 15.6 Å². The van der Waals surface area contributed by atoms with Gasteiger partial charge in [0, 0.05) is 28.8 Å². The van der Waals surface area contributed by atoms with Crippen molar-refractivity contribution in [3.63, 3.8) is 0 Å². The molecule has 22 heavy (non-hydrogen) atoms. The lowest BCUT2D eigenvalue weighted by Crippen LogP contribution is -2.01. The molecule has 1 aromatic rings. The van der Waals surface area contributed by atoms with Gasteiger partial charge in [0.05, 0.1) is 5.36 Å². The summed E-state index contributed by atoms with van der Waals surface area (Å²) in [5.74, 6) is 0.703. The number of nitrogens with one attached hydrogen (secondary N) is 1. The Labute approximate surface area is 129 Å². The van der Waals surface area contributed by atoms with Gasteiger partial charge in [0.2, 0.25) is 0 Å². The Hall–Kier alpha value is -2.81. The molecule has 3 heteroatoms. The Morgan fingerprint density at radius 2 is 2.00 bits per heavy atom. The van der Waals surface area contributed by atoms with Gasteiger partial charge in [-0.25, -0.2) is 0 Å². The maximum atomic E-state index is 7.81. The van der Waals surface area contributed by atoms with Crippen LogP contribution in [0.4, 0.5) is 5.69 Å². The normalized spacial score (nSPS) is 12.5. The van der Waals surface area contributed by atoms with Crippen molar-refractivity contribution in [3.8, 4) is 11.3 Å². The fraction of sp³-hybridized carbons (Fsp3) is 0.105. The zero-order valence-electron chi connectivity index (χ0n) is 12.7. The van der Waals surface area contributed by atoms with Crippen molar-refractivity contribution in [1.82, 2.24) is 0 Å². The van der Waals surface area contributed by atoms with Crippen LogP contribution in [0.5, 0.6) is 0 Å². The van der Waals surface area contributed by atoms with E-state index in [0.717, 1.165) is 27.7 Å². The number of hydrogen-bond donors (Lipinski definition) is 2. The van der Waals surface area contributed by atoms with Crippen LogP contribution in [0.3, 0.4) is 0 Å². The van der Waals surface area contributed by atoms with E-state index < -0.39 is 0 Å². The third kappa shape index (κ3) is 2.42. The van der Waals surface area contributed by atoms with E-state index in [2.05, 4.69) is 13.0 Å². The molecule has 0 atom stereocenters. The molecule has 0 aromatic heterocycles. The predicted octanol–water partition coefficient (Wildman–Crippen LogP) is 4.58. The third-order valence-electron chi connectivity index (χ3n) is 3.68. The van der Waals surface area contributed by atoms with Gasteiger partial charge in [0.1, 0.15) is 11.3 Å². The van der Waals surface area contributed by atoms with Crippen LogP contribution in [0, 0.1) is 5.41 Å². The summed E-state index contributed by atoms with van der Waals surface area (Å²) in [6.45, 7) is 4.08. The zero-order chi connectivity index (χ0) is 15.7. The van der Waals surface area contributed by atoms with Crippen molar-refractivity contribution in [1.29, 1.82) is 5.41 Å². The minimum absolute atomic E-state index is 0.431. The number of benzene rings is 2. The molecule has 0 spiro atoms. The standard InChI is InChI=1S/C19H18N2O/c1-3-4-5-12(2)19-15-8-6-13(20)10-17(15)22-18-11-14(21)7-9-16(18)19/h3-11,20H,21H2,1-2H3/b4-3-,12-5+,20-13?. The summed E-state index contributed by atoms with van der Waals surface area (Å²) >= 11 is 0. The van der Waals surface area contributed by atoms with E-state index in [0.29, 0.717) is 16.8 Å². The summed E-state index contributed by atoms with van der Waals surface area (Å²) in [6.07, 6.45) is 6.10. The van der Waals surface area contributed by atoms with E-state index in [1.165, 1.54) is 0 Å². The topological polar surface area (TPSA) is 63.0 Å². The van der Waals surface area contributed by atoms with Crippen LogP contribution in [0.25, 0.3) is 27.9 Å². The molecule has 0 radical (unpaired) electrons. The zero-order valence-corrected chi connectivity index (χ0v) is 12.7. The minimum atomic E-state index is 0.431. The quantitative estimate of drug-likeness (QED) is 0.412. The highest BCUT2D eigenvalue weighted by Crippen LogP contribution is 2.37. The molecule has 1 aliphatic carbocycles. The monoisotopic (exact) mass is 290 g/mol. The first-order valence-electron chi connectivity index (χ1n) is 7.21. The van der Waals surface area contributed by atoms with Crippen LogP contribution in [0.15, 0.2) is 59.0 Å². The Kier molecular flexibility index (Phi) is 3.55. The highest BCUT2D eigenvalue weighted by molar-refractivity contribution is 5.98. The van der Waals surface area contributed by atoms with Gasteiger partial charge in [-0.05, 0) is 49.2 Å². The Morgan fingerprint density at radius 3 is 2.77 bits per heavy atom. The maximum absolute atomic E-state index is 7.81. The van der Waals surface area contributed by atoms with E-state index in [4.69, 9.17) is 15.6 Å². The van der Waals surface area contributed by atoms with Gasteiger partial charge in [0.15, 0.2) is 0 Å². The molecule has 3 rings (SSSR count). The molecule has 3 N–H and O–H groups in total. The maximum Gasteiger partial charge on any atom is 0.137 e. The summed E-state index contributed by atoms with van der Waals surface area (Å²) in [4.78, 5) is 0. The van der Waals surface area contributed by atoms with Crippen molar-refractivity contribution in [2.45, 2.75) is 13.8 Å². The van der Waals surface area contributed by atoms with Gasteiger partial charge in [-0.15, -0.1) is 0 Å². The first-order chi connectivity index (χ1) is 10.6. The van der Waals surface area contributed by atoms with Gasteiger partial charge in [0.25, 0.3) is 0 Å². The van der Waals surface area contributed by atoms with E-state index in [1.807, 2.05) is 43.3 Å². The summed E-state index contributed by atoms with van der Waals surface area (Å²) in [5, 5.41) is 9.26. The van der Waals surface area contributed by atoms with E-state index in [-0.39, 0.29) is 0 Å².